The van der Waals surface area contributed by atoms with Gasteiger partial charge in [0.1, 0.15) is 0 Å². The average Bonchev–Trinajstić information content (AvgIpc) is 2.46. The molecule has 0 radical (unpaired) electrons. The molecule has 0 bridgehead atoms. The van der Waals surface area contributed by atoms with Gasteiger partial charge in [-0.3, -0.25) is 0 Å². The third-order valence-electron chi connectivity index (χ3n) is 3.42. The fraction of sp³-hybridized carbons (Fsp3) is 0.600. The van der Waals surface area contributed by atoms with E-state index in [9.17, 15) is 0 Å². The maximum absolute atomic E-state index is 8.28. The van der Waals surface area contributed by atoms with Crippen LogP contribution >= 0.6 is 34.8 Å². The zero-order valence-corrected chi connectivity index (χ0v) is 15.9. The Morgan fingerprint density at radius 1 is 1.24 bits per heavy atom. The third-order valence-corrected chi connectivity index (χ3v) is 9.55. The summed E-state index contributed by atoms with van der Waals surface area (Å²) in [7, 11) is -1.13. The average molecular weight is 369 g/mol. The zero-order chi connectivity index (χ0) is 16.0. The smallest absolute Gasteiger partial charge is 0.0926 e. The summed E-state index contributed by atoms with van der Waals surface area (Å²) in [6, 6.07) is 11.7. The van der Waals surface area contributed by atoms with E-state index in [4.69, 9.17) is 45.6 Å². The monoisotopic (exact) mass is 367 g/mol. The van der Waals surface area contributed by atoms with Crippen molar-refractivity contribution in [1.29, 1.82) is 0 Å². The van der Waals surface area contributed by atoms with Gasteiger partial charge < -0.3 is 10.8 Å². The third kappa shape index (κ3) is 6.47. The van der Waals surface area contributed by atoms with E-state index in [1.807, 2.05) is 6.07 Å². The van der Waals surface area contributed by atoms with Crippen molar-refractivity contribution >= 4 is 48.8 Å². The van der Waals surface area contributed by atoms with Crippen molar-refractivity contribution in [3.8, 4) is 0 Å². The lowest BCUT2D eigenvalue weighted by Gasteiger charge is -2.33. The molecule has 0 aromatic heterocycles. The molecule has 2 nitrogen and oxygen atoms in total. The Balaban J connectivity index is 0.000000315. The number of aliphatic hydroxyl groups excluding tert-OH is 1. The van der Waals surface area contributed by atoms with Gasteiger partial charge in [0.2, 0.25) is 0 Å². The van der Waals surface area contributed by atoms with Gasteiger partial charge >= 0.3 is 0 Å². The Kier molecular flexibility index (Phi) is 8.03. The fourth-order valence-electron chi connectivity index (χ4n) is 2.13. The largest absolute Gasteiger partial charge is 0.394 e. The van der Waals surface area contributed by atoms with Gasteiger partial charge in [0, 0.05) is 10.5 Å². The van der Waals surface area contributed by atoms with Crippen LogP contribution in [0.1, 0.15) is 20.3 Å². The highest BCUT2D eigenvalue weighted by Gasteiger charge is 2.37. The Bertz CT molecular complexity index is 413. The molecule has 0 amide bonds. The molecule has 120 valence electrons. The first-order valence-corrected chi connectivity index (χ1v) is 10.5. The molecule has 4 unspecified atom stereocenters. The van der Waals surface area contributed by atoms with Crippen LogP contribution in [0.15, 0.2) is 30.3 Å². The highest BCUT2D eigenvalue weighted by atomic mass is 35.5. The summed E-state index contributed by atoms with van der Waals surface area (Å²) in [5, 5.41) is 9.73. The quantitative estimate of drug-likeness (QED) is 0.622. The van der Waals surface area contributed by atoms with Crippen LogP contribution in [0.3, 0.4) is 0 Å². The zero-order valence-electron chi connectivity index (χ0n) is 12.5. The number of nitrogens with two attached hydrogens (primary N) is 1. The topological polar surface area (TPSA) is 46.2 Å². The van der Waals surface area contributed by atoms with Crippen molar-refractivity contribution in [2.24, 2.45) is 5.73 Å². The minimum atomic E-state index is -1.13. The van der Waals surface area contributed by atoms with Gasteiger partial charge in [0.15, 0.2) is 0 Å². The standard InChI is InChI=1S/C11H13Cl3Si.C4H11NO/c12-9-6-7-15(11(14)10(9)13)8-4-2-1-3-5-8;1-4(2,5)3-6/h1-5,9-11,15H,6-7H2;6H,3,5H2,1-2H3. The highest BCUT2D eigenvalue weighted by molar-refractivity contribution is 6.82. The van der Waals surface area contributed by atoms with Crippen LogP contribution in [0.25, 0.3) is 0 Å². The molecule has 1 aliphatic rings. The number of alkyl halides is 3. The highest BCUT2D eigenvalue weighted by Crippen LogP contribution is 2.31. The molecular weight excluding hydrogens is 345 g/mol. The Labute approximate surface area is 144 Å². The van der Waals surface area contributed by atoms with Crippen molar-refractivity contribution < 1.29 is 5.11 Å². The summed E-state index contributed by atoms with van der Waals surface area (Å²) in [4.78, 5) is 0. The summed E-state index contributed by atoms with van der Waals surface area (Å²) in [6.45, 7) is 3.59. The second kappa shape index (κ2) is 8.75. The lowest BCUT2D eigenvalue weighted by atomic mass is 10.1. The van der Waals surface area contributed by atoms with Crippen molar-refractivity contribution in [3.05, 3.63) is 30.3 Å². The van der Waals surface area contributed by atoms with Crippen LogP contribution in [0.4, 0.5) is 0 Å². The first-order valence-electron chi connectivity index (χ1n) is 7.13. The molecule has 21 heavy (non-hydrogen) atoms. The maximum Gasteiger partial charge on any atom is 0.0926 e. The van der Waals surface area contributed by atoms with E-state index in [0.717, 1.165) is 12.5 Å². The van der Waals surface area contributed by atoms with Crippen LogP contribution in [0.2, 0.25) is 6.04 Å². The fourth-order valence-corrected chi connectivity index (χ4v) is 7.65. The van der Waals surface area contributed by atoms with Crippen LogP contribution in [-0.4, -0.2) is 41.8 Å². The van der Waals surface area contributed by atoms with E-state index >= 15 is 0 Å². The van der Waals surface area contributed by atoms with Gasteiger partial charge in [0.05, 0.1) is 26.2 Å². The molecule has 1 aromatic rings. The number of hydrogen-bond donors (Lipinski definition) is 2. The lowest BCUT2D eigenvalue weighted by Crippen LogP contribution is -2.50. The first kappa shape index (κ1) is 19.3. The Hall–Kier alpha value is 0.227. The van der Waals surface area contributed by atoms with Gasteiger partial charge in [-0.1, -0.05) is 41.6 Å². The SMILES string of the molecule is CC(C)(N)CO.ClC1CC[SiH](c2ccccc2)C(Cl)C1Cl. The van der Waals surface area contributed by atoms with Crippen LogP contribution in [0, 0.1) is 0 Å². The van der Waals surface area contributed by atoms with Gasteiger partial charge in [-0.2, -0.15) is 0 Å². The number of halogens is 3. The predicted molar refractivity (Wildman–Crippen MR) is 96.9 cm³/mol. The summed E-state index contributed by atoms with van der Waals surface area (Å²) in [6.07, 6.45) is 1.00. The van der Waals surface area contributed by atoms with E-state index in [-0.39, 0.29) is 22.4 Å². The van der Waals surface area contributed by atoms with E-state index in [1.165, 1.54) is 5.19 Å². The number of hydrogen-bond acceptors (Lipinski definition) is 2. The van der Waals surface area contributed by atoms with E-state index in [2.05, 4.69) is 24.3 Å². The molecule has 1 fully saturated rings. The van der Waals surface area contributed by atoms with E-state index in [0.29, 0.717) is 0 Å². The van der Waals surface area contributed by atoms with Gasteiger partial charge in [-0.05, 0) is 20.3 Å². The molecule has 1 heterocycles. The molecule has 4 atom stereocenters. The predicted octanol–water partition coefficient (Wildman–Crippen LogP) is 2.60. The van der Waals surface area contributed by atoms with Gasteiger partial charge in [-0.15, -0.1) is 34.8 Å². The van der Waals surface area contributed by atoms with Gasteiger partial charge in [-0.25, -0.2) is 0 Å². The normalized spacial score (nSPS) is 29.5. The lowest BCUT2D eigenvalue weighted by molar-refractivity contribution is 0.221. The summed E-state index contributed by atoms with van der Waals surface area (Å²) in [5.41, 5.74) is 4.88. The molecule has 1 saturated heterocycles. The number of aliphatic hydroxyl groups is 1. The molecule has 0 spiro atoms. The van der Waals surface area contributed by atoms with Crippen LogP contribution in [-0.2, 0) is 0 Å². The van der Waals surface area contributed by atoms with Gasteiger partial charge in [0.25, 0.3) is 0 Å². The molecule has 3 N–H and O–H groups in total. The van der Waals surface area contributed by atoms with Crippen molar-refractivity contribution in [2.45, 2.75) is 47.6 Å². The van der Waals surface area contributed by atoms with E-state index in [1.54, 1.807) is 13.8 Å². The molecule has 1 aromatic carbocycles. The molecule has 0 aliphatic carbocycles. The van der Waals surface area contributed by atoms with Crippen molar-refractivity contribution in [3.63, 3.8) is 0 Å². The van der Waals surface area contributed by atoms with Crippen molar-refractivity contribution in [2.75, 3.05) is 6.61 Å². The summed E-state index contributed by atoms with van der Waals surface area (Å²) >= 11 is 18.8. The van der Waals surface area contributed by atoms with Crippen LogP contribution < -0.4 is 10.9 Å². The van der Waals surface area contributed by atoms with Crippen LogP contribution in [0.5, 0.6) is 0 Å². The minimum Gasteiger partial charge on any atom is -0.394 e. The first-order chi connectivity index (χ1) is 9.76. The molecule has 1 aliphatic heterocycles. The summed E-state index contributed by atoms with van der Waals surface area (Å²) in [5.74, 6) is 0. The molecule has 6 heteroatoms. The number of benzene rings is 1. The molecule has 0 saturated carbocycles. The molecular formula is C15H24Cl3NOSi. The Morgan fingerprint density at radius 2 is 1.76 bits per heavy atom. The molecule has 2 rings (SSSR count). The second-order valence-electron chi connectivity index (χ2n) is 6.15. The minimum absolute atomic E-state index is 0.0432. The second-order valence-corrected chi connectivity index (χ2v) is 11.3. The maximum atomic E-state index is 8.28. The Morgan fingerprint density at radius 3 is 2.24 bits per heavy atom. The number of rotatable bonds is 2. The summed E-state index contributed by atoms with van der Waals surface area (Å²) < 4.78 is 0. The van der Waals surface area contributed by atoms with Crippen molar-refractivity contribution in [1.82, 2.24) is 0 Å². The van der Waals surface area contributed by atoms with E-state index < -0.39 is 14.3 Å².